The molecule has 1 unspecified atom stereocenters. The van der Waals surface area contributed by atoms with Crippen LogP contribution >= 0.6 is 11.6 Å². The molecule has 2 nitrogen and oxygen atoms in total. The van der Waals surface area contributed by atoms with Gasteiger partial charge in [0.1, 0.15) is 5.75 Å². The molecule has 0 aliphatic heterocycles. The zero-order valence-electron chi connectivity index (χ0n) is 9.16. The van der Waals surface area contributed by atoms with Crippen LogP contribution in [0.15, 0.2) is 18.2 Å². The van der Waals surface area contributed by atoms with Crippen molar-refractivity contribution in [1.29, 1.82) is 0 Å². The Kier molecular flexibility index (Phi) is 4.92. The second-order valence-corrected chi connectivity index (χ2v) is 3.98. The number of aryl methyl sites for hydroxylation is 1. The molecule has 1 aromatic carbocycles. The number of rotatable bonds is 5. The maximum absolute atomic E-state index is 9.44. The van der Waals surface area contributed by atoms with Crippen molar-refractivity contribution >= 4 is 11.6 Å². The van der Waals surface area contributed by atoms with Crippen molar-refractivity contribution in [2.24, 2.45) is 0 Å². The van der Waals surface area contributed by atoms with Crippen molar-refractivity contribution in [1.82, 2.24) is 0 Å². The first kappa shape index (κ1) is 12.3. The highest BCUT2D eigenvalue weighted by atomic mass is 35.5. The molecule has 0 saturated heterocycles. The van der Waals surface area contributed by atoms with Gasteiger partial charge in [-0.2, -0.15) is 0 Å². The second kappa shape index (κ2) is 5.99. The first-order chi connectivity index (χ1) is 7.17. The van der Waals surface area contributed by atoms with E-state index in [9.17, 15) is 5.11 Å². The summed E-state index contributed by atoms with van der Waals surface area (Å²) in [6.07, 6.45) is 2.21. The summed E-state index contributed by atoms with van der Waals surface area (Å²) >= 11 is 5.91. The lowest BCUT2D eigenvalue weighted by atomic mass is 10.1. The van der Waals surface area contributed by atoms with Crippen molar-refractivity contribution in [3.05, 3.63) is 28.8 Å². The molecule has 3 heteroatoms. The standard InChI is InChI=1S/C12H17ClO2/c1-3-10(14)6-4-9-5-7-11(13)12(8-9)15-2/h5,7-8,10,14H,3-4,6H2,1-2H3. The number of halogens is 1. The summed E-state index contributed by atoms with van der Waals surface area (Å²) in [6.45, 7) is 1.98. The summed E-state index contributed by atoms with van der Waals surface area (Å²) in [4.78, 5) is 0. The first-order valence-corrected chi connectivity index (χ1v) is 5.55. The lowest BCUT2D eigenvalue weighted by Gasteiger charge is -2.09. The number of aliphatic hydroxyl groups is 1. The summed E-state index contributed by atoms with van der Waals surface area (Å²) in [5, 5.41) is 10.1. The SMILES string of the molecule is CCC(O)CCc1ccc(Cl)c(OC)c1. The molecule has 0 saturated carbocycles. The zero-order chi connectivity index (χ0) is 11.3. The largest absolute Gasteiger partial charge is 0.495 e. The van der Waals surface area contributed by atoms with E-state index in [0.717, 1.165) is 24.8 Å². The van der Waals surface area contributed by atoms with Crippen LogP contribution in [0.4, 0.5) is 0 Å². The van der Waals surface area contributed by atoms with Crippen LogP contribution in [0.2, 0.25) is 5.02 Å². The summed E-state index contributed by atoms with van der Waals surface area (Å²) < 4.78 is 5.12. The quantitative estimate of drug-likeness (QED) is 0.840. The molecule has 0 aromatic heterocycles. The van der Waals surface area contributed by atoms with E-state index < -0.39 is 0 Å². The van der Waals surface area contributed by atoms with Gasteiger partial charge < -0.3 is 9.84 Å². The second-order valence-electron chi connectivity index (χ2n) is 3.57. The molecule has 0 amide bonds. The summed E-state index contributed by atoms with van der Waals surface area (Å²) in [7, 11) is 1.60. The molecule has 0 spiro atoms. The molecule has 0 heterocycles. The number of aliphatic hydroxyl groups excluding tert-OH is 1. The fourth-order valence-corrected chi connectivity index (χ4v) is 1.59. The Hall–Kier alpha value is -0.730. The van der Waals surface area contributed by atoms with Crippen LogP contribution in [0, 0.1) is 0 Å². The molecule has 0 aliphatic rings. The van der Waals surface area contributed by atoms with Crippen LogP contribution in [-0.2, 0) is 6.42 Å². The Labute approximate surface area is 95.8 Å². The van der Waals surface area contributed by atoms with Gasteiger partial charge in [-0.3, -0.25) is 0 Å². The predicted octanol–water partition coefficient (Wildman–Crippen LogP) is 3.05. The van der Waals surface area contributed by atoms with Gasteiger partial charge in [0, 0.05) is 0 Å². The van der Waals surface area contributed by atoms with E-state index in [2.05, 4.69) is 0 Å². The molecule has 1 aromatic rings. The molecule has 0 radical (unpaired) electrons. The highest BCUT2D eigenvalue weighted by molar-refractivity contribution is 6.32. The summed E-state index contributed by atoms with van der Waals surface area (Å²) in [5.74, 6) is 0.695. The van der Waals surface area contributed by atoms with Crippen molar-refractivity contribution in [2.45, 2.75) is 32.3 Å². The van der Waals surface area contributed by atoms with Crippen molar-refractivity contribution < 1.29 is 9.84 Å². The van der Waals surface area contributed by atoms with Gasteiger partial charge in [0.15, 0.2) is 0 Å². The van der Waals surface area contributed by atoms with Crippen molar-refractivity contribution in [3.63, 3.8) is 0 Å². The molecule has 1 atom stereocenters. The van der Waals surface area contributed by atoms with E-state index >= 15 is 0 Å². The summed E-state index contributed by atoms with van der Waals surface area (Å²) in [5.41, 5.74) is 1.14. The van der Waals surface area contributed by atoms with E-state index in [1.165, 1.54) is 0 Å². The van der Waals surface area contributed by atoms with Gasteiger partial charge in [-0.15, -0.1) is 0 Å². The molecular formula is C12H17ClO2. The van der Waals surface area contributed by atoms with E-state index in [1.54, 1.807) is 7.11 Å². The normalized spacial score (nSPS) is 12.5. The number of benzene rings is 1. The number of hydrogen-bond donors (Lipinski definition) is 1. The van der Waals surface area contributed by atoms with Crippen LogP contribution in [0.3, 0.4) is 0 Å². The molecule has 0 fully saturated rings. The Morgan fingerprint density at radius 1 is 1.47 bits per heavy atom. The van der Waals surface area contributed by atoms with Crippen LogP contribution in [-0.4, -0.2) is 18.3 Å². The van der Waals surface area contributed by atoms with E-state index in [4.69, 9.17) is 16.3 Å². The van der Waals surface area contributed by atoms with Crippen molar-refractivity contribution in [2.75, 3.05) is 7.11 Å². The van der Waals surface area contributed by atoms with Crippen LogP contribution in [0.1, 0.15) is 25.3 Å². The molecule has 84 valence electrons. The molecule has 0 aliphatic carbocycles. The number of hydrogen-bond acceptors (Lipinski definition) is 2. The molecule has 1 N–H and O–H groups in total. The first-order valence-electron chi connectivity index (χ1n) is 5.17. The summed E-state index contributed by atoms with van der Waals surface area (Å²) in [6, 6.07) is 5.71. The molecule has 15 heavy (non-hydrogen) atoms. The predicted molar refractivity (Wildman–Crippen MR) is 62.6 cm³/mol. The van der Waals surface area contributed by atoms with E-state index in [1.807, 2.05) is 25.1 Å². The maximum atomic E-state index is 9.44. The lowest BCUT2D eigenvalue weighted by molar-refractivity contribution is 0.160. The van der Waals surface area contributed by atoms with E-state index in [-0.39, 0.29) is 6.10 Å². The Balaban J connectivity index is 2.62. The highest BCUT2D eigenvalue weighted by Gasteiger charge is 2.04. The lowest BCUT2D eigenvalue weighted by Crippen LogP contribution is -2.05. The van der Waals surface area contributed by atoms with Crippen LogP contribution < -0.4 is 4.74 Å². The van der Waals surface area contributed by atoms with Gasteiger partial charge in [0.2, 0.25) is 0 Å². The fourth-order valence-electron chi connectivity index (χ4n) is 1.40. The van der Waals surface area contributed by atoms with Crippen LogP contribution in [0.5, 0.6) is 5.75 Å². The third-order valence-corrected chi connectivity index (χ3v) is 2.77. The third kappa shape index (κ3) is 3.73. The molecular weight excluding hydrogens is 212 g/mol. The minimum atomic E-state index is -0.216. The Morgan fingerprint density at radius 2 is 2.20 bits per heavy atom. The average Bonchev–Trinajstić information content (AvgIpc) is 2.27. The topological polar surface area (TPSA) is 29.5 Å². The fraction of sp³-hybridized carbons (Fsp3) is 0.500. The number of ether oxygens (including phenoxy) is 1. The molecule has 1 rings (SSSR count). The Bertz CT molecular complexity index is 312. The van der Waals surface area contributed by atoms with Gasteiger partial charge in [0.05, 0.1) is 18.2 Å². The third-order valence-electron chi connectivity index (χ3n) is 2.45. The minimum Gasteiger partial charge on any atom is -0.495 e. The molecule has 0 bridgehead atoms. The number of methoxy groups -OCH3 is 1. The monoisotopic (exact) mass is 228 g/mol. The van der Waals surface area contributed by atoms with Gasteiger partial charge in [-0.25, -0.2) is 0 Å². The van der Waals surface area contributed by atoms with E-state index in [0.29, 0.717) is 10.8 Å². The highest BCUT2D eigenvalue weighted by Crippen LogP contribution is 2.25. The average molecular weight is 229 g/mol. The minimum absolute atomic E-state index is 0.216. The van der Waals surface area contributed by atoms with Gasteiger partial charge in [-0.05, 0) is 37.0 Å². The van der Waals surface area contributed by atoms with Crippen molar-refractivity contribution in [3.8, 4) is 5.75 Å². The van der Waals surface area contributed by atoms with Gasteiger partial charge in [0.25, 0.3) is 0 Å². The smallest absolute Gasteiger partial charge is 0.137 e. The van der Waals surface area contributed by atoms with Crippen LogP contribution in [0.25, 0.3) is 0 Å². The Morgan fingerprint density at radius 3 is 2.80 bits per heavy atom. The zero-order valence-corrected chi connectivity index (χ0v) is 9.92. The maximum Gasteiger partial charge on any atom is 0.137 e. The van der Waals surface area contributed by atoms with Gasteiger partial charge in [-0.1, -0.05) is 24.6 Å². The van der Waals surface area contributed by atoms with Gasteiger partial charge >= 0.3 is 0 Å².